The van der Waals surface area contributed by atoms with Crippen molar-refractivity contribution in [1.82, 2.24) is 10.0 Å². The highest BCUT2D eigenvalue weighted by Gasteiger charge is 2.13. The maximum atomic E-state index is 11.9. The number of hydrogen-bond donors (Lipinski definition) is 4. The van der Waals surface area contributed by atoms with Crippen LogP contribution in [0.4, 0.5) is 4.79 Å². The van der Waals surface area contributed by atoms with Crippen LogP contribution < -0.4 is 21.5 Å². The second-order valence-corrected chi connectivity index (χ2v) is 6.27. The van der Waals surface area contributed by atoms with Crippen LogP contribution in [0, 0.1) is 0 Å². The summed E-state index contributed by atoms with van der Waals surface area (Å²) in [5.74, 6) is 0. The number of carbonyl (C=O) groups excluding carboxylic acids is 1. The van der Waals surface area contributed by atoms with Crippen molar-refractivity contribution in [2.45, 2.75) is 11.3 Å². The second kappa shape index (κ2) is 7.17. The number of primary amides is 1. The van der Waals surface area contributed by atoms with E-state index in [-0.39, 0.29) is 18.0 Å². The molecule has 0 bridgehead atoms. The Balaban J connectivity index is 2.63. The molecule has 0 aliphatic carbocycles. The molecule has 2 amide bonds. The molecule has 0 saturated heterocycles. The number of carbonyl (C=O) groups is 1. The Kier molecular flexibility index (Phi) is 5.86. The molecule has 1 aromatic rings. The monoisotopic (exact) mass is 316 g/mol. The standard InChI is InChI=1S/C11H16N4O3S2/c12-10(19)7-8-1-3-9(4-2-8)20(17,18)15-6-5-14-11(13)16/h1-4,15H,5-7H2,(H2,12,19)(H3,13,14,16). The highest BCUT2D eigenvalue weighted by molar-refractivity contribution is 7.89. The third kappa shape index (κ3) is 5.51. The highest BCUT2D eigenvalue weighted by atomic mass is 32.2. The molecule has 0 radical (unpaired) electrons. The molecule has 0 heterocycles. The first-order chi connectivity index (χ1) is 9.31. The fourth-order valence-corrected chi connectivity index (χ4v) is 2.64. The van der Waals surface area contributed by atoms with Crippen LogP contribution in [0.3, 0.4) is 0 Å². The van der Waals surface area contributed by atoms with Gasteiger partial charge in [-0.1, -0.05) is 24.4 Å². The lowest BCUT2D eigenvalue weighted by atomic mass is 10.1. The fraction of sp³-hybridized carbons (Fsp3) is 0.273. The van der Waals surface area contributed by atoms with Gasteiger partial charge in [0.1, 0.15) is 0 Å². The Bertz CT molecular complexity index is 584. The van der Waals surface area contributed by atoms with Gasteiger partial charge in [0, 0.05) is 19.5 Å². The molecule has 20 heavy (non-hydrogen) atoms. The van der Waals surface area contributed by atoms with Crippen molar-refractivity contribution in [1.29, 1.82) is 0 Å². The zero-order valence-corrected chi connectivity index (χ0v) is 12.3. The van der Waals surface area contributed by atoms with Gasteiger partial charge in [-0.15, -0.1) is 0 Å². The summed E-state index contributed by atoms with van der Waals surface area (Å²) in [7, 11) is -3.61. The zero-order valence-electron chi connectivity index (χ0n) is 10.6. The van der Waals surface area contributed by atoms with Crippen LogP contribution in [0.2, 0.25) is 0 Å². The normalized spacial score (nSPS) is 11.0. The van der Waals surface area contributed by atoms with Gasteiger partial charge < -0.3 is 16.8 Å². The first kappa shape index (κ1) is 16.3. The van der Waals surface area contributed by atoms with Crippen molar-refractivity contribution in [2.75, 3.05) is 13.1 Å². The smallest absolute Gasteiger partial charge is 0.312 e. The van der Waals surface area contributed by atoms with E-state index in [0.29, 0.717) is 11.4 Å². The van der Waals surface area contributed by atoms with Crippen molar-refractivity contribution < 1.29 is 13.2 Å². The Hall–Kier alpha value is -1.71. The van der Waals surface area contributed by atoms with Gasteiger partial charge >= 0.3 is 6.03 Å². The number of urea groups is 1. The van der Waals surface area contributed by atoms with E-state index in [4.69, 9.17) is 23.7 Å². The van der Waals surface area contributed by atoms with E-state index < -0.39 is 16.1 Å². The lowest BCUT2D eigenvalue weighted by Gasteiger charge is -2.07. The van der Waals surface area contributed by atoms with Crippen molar-refractivity contribution in [2.24, 2.45) is 11.5 Å². The summed E-state index contributed by atoms with van der Waals surface area (Å²) in [6, 6.07) is 5.53. The first-order valence-corrected chi connectivity index (χ1v) is 7.60. The molecule has 0 saturated carbocycles. The topological polar surface area (TPSA) is 127 Å². The number of benzene rings is 1. The van der Waals surface area contributed by atoms with Crippen molar-refractivity contribution in [3.63, 3.8) is 0 Å². The fourth-order valence-electron chi connectivity index (χ4n) is 1.44. The van der Waals surface area contributed by atoms with Crippen LogP contribution >= 0.6 is 12.2 Å². The van der Waals surface area contributed by atoms with Gasteiger partial charge in [-0.3, -0.25) is 0 Å². The minimum absolute atomic E-state index is 0.0555. The molecule has 1 rings (SSSR count). The Labute approximate surface area is 122 Å². The Morgan fingerprint density at radius 1 is 1.15 bits per heavy atom. The molecule has 0 aliphatic rings. The molecule has 9 heteroatoms. The third-order valence-electron chi connectivity index (χ3n) is 2.33. The first-order valence-electron chi connectivity index (χ1n) is 5.71. The predicted molar refractivity (Wildman–Crippen MR) is 79.7 cm³/mol. The molecule has 0 atom stereocenters. The summed E-state index contributed by atoms with van der Waals surface area (Å²) >= 11 is 4.78. The van der Waals surface area contributed by atoms with E-state index in [1.807, 2.05) is 0 Å². The zero-order chi connectivity index (χ0) is 15.2. The van der Waals surface area contributed by atoms with Crippen LogP contribution in [-0.4, -0.2) is 32.5 Å². The van der Waals surface area contributed by atoms with Crippen molar-refractivity contribution >= 4 is 33.3 Å². The van der Waals surface area contributed by atoms with Crippen LogP contribution in [0.5, 0.6) is 0 Å². The average molecular weight is 316 g/mol. The molecule has 0 spiro atoms. The van der Waals surface area contributed by atoms with E-state index in [2.05, 4.69) is 10.0 Å². The van der Waals surface area contributed by atoms with Crippen molar-refractivity contribution in [3.05, 3.63) is 29.8 Å². The maximum absolute atomic E-state index is 11.9. The molecule has 0 unspecified atom stereocenters. The van der Waals surface area contributed by atoms with Gasteiger partial charge in [-0.05, 0) is 17.7 Å². The predicted octanol–water partition coefficient (Wildman–Crippen LogP) is -0.538. The van der Waals surface area contributed by atoms with Crippen molar-refractivity contribution in [3.8, 4) is 0 Å². The quantitative estimate of drug-likeness (QED) is 0.397. The van der Waals surface area contributed by atoms with Gasteiger partial charge in [0.2, 0.25) is 10.0 Å². The van der Waals surface area contributed by atoms with Gasteiger partial charge in [-0.25, -0.2) is 17.9 Å². The largest absolute Gasteiger partial charge is 0.393 e. The summed E-state index contributed by atoms with van der Waals surface area (Å²) < 4.78 is 26.2. The van der Waals surface area contributed by atoms with Crippen LogP contribution in [-0.2, 0) is 16.4 Å². The number of rotatable bonds is 7. The summed E-state index contributed by atoms with van der Waals surface area (Å²) in [4.78, 5) is 10.9. The summed E-state index contributed by atoms with van der Waals surface area (Å²) in [6.07, 6.45) is 0.422. The molecule has 6 N–H and O–H groups in total. The molecule has 0 fully saturated rings. The van der Waals surface area contributed by atoms with Crippen LogP contribution in [0.15, 0.2) is 29.2 Å². The number of sulfonamides is 1. The summed E-state index contributed by atoms with van der Waals surface area (Å²) in [5, 5.41) is 2.28. The number of nitrogens with two attached hydrogens (primary N) is 2. The van der Waals surface area contributed by atoms with E-state index >= 15 is 0 Å². The molecule has 0 aliphatic heterocycles. The number of amides is 2. The molecular weight excluding hydrogens is 300 g/mol. The SMILES string of the molecule is NC(=O)NCCNS(=O)(=O)c1ccc(CC(N)=S)cc1. The Morgan fingerprint density at radius 3 is 2.25 bits per heavy atom. The lowest BCUT2D eigenvalue weighted by molar-refractivity contribution is 0.249. The Morgan fingerprint density at radius 2 is 1.75 bits per heavy atom. The van der Waals surface area contributed by atoms with Crippen LogP contribution in [0.25, 0.3) is 0 Å². The van der Waals surface area contributed by atoms with Gasteiger partial charge in [0.15, 0.2) is 0 Å². The molecule has 1 aromatic carbocycles. The molecular formula is C11H16N4O3S2. The third-order valence-corrected chi connectivity index (χ3v) is 3.95. The molecule has 7 nitrogen and oxygen atoms in total. The number of thiocarbonyl (C=S) groups is 1. The second-order valence-electron chi connectivity index (χ2n) is 3.98. The molecule has 110 valence electrons. The maximum Gasteiger partial charge on any atom is 0.312 e. The summed E-state index contributed by atoms with van der Waals surface area (Å²) in [6.45, 7) is 0.175. The summed E-state index contributed by atoms with van der Waals surface area (Å²) in [5.41, 5.74) is 11.1. The van der Waals surface area contributed by atoms with Gasteiger partial charge in [-0.2, -0.15) is 0 Å². The van der Waals surface area contributed by atoms with E-state index in [1.165, 1.54) is 12.1 Å². The minimum atomic E-state index is -3.61. The van der Waals surface area contributed by atoms with E-state index in [0.717, 1.165) is 5.56 Å². The number of nitrogens with one attached hydrogen (secondary N) is 2. The van der Waals surface area contributed by atoms with E-state index in [1.54, 1.807) is 12.1 Å². The van der Waals surface area contributed by atoms with Crippen LogP contribution in [0.1, 0.15) is 5.56 Å². The van der Waals surface area contributed by atoms with E-state index in [9.17, 15) is 13.2 Å². The van der Waals surface area contributed by atoms with Gasteiger partial charge in [0.25, 0.3) is 0 Å². The lowest BCUT2D eigenvalue weighted by Crippen LogP contribution is -2.37. The number of hydrogen-bond acceptors (Lipinski definition) is 4. The minimum Gasteiger partial charge on any atom is -0.393 e. The van der Waals surface area contributed by atoms with Gasteiger partial charge in [0.05, 0.1) is 9.88 Å². The average Bonchev–Trinajstić information content (AvgIpc) is 2.34. The molecule has 0 aromatic heterocycles. The highest BCUT2D eigenvalue weighted by Crippen LogP contribution is 2.10.